The van der Waals surface area contributed by atoms with Gasteiger partial charge in [0, 0.05) is 12.4 Å². The predicted molar refractivity (Wildman–Crippen MR) is 73.7 cm³/mol. The molecule has 2 rings (SSSR count). The molecule has 18 heavy (non-hydrogen) atoms. The van der Waals surface area contributed by atoms with E-state index in [-0.39, 0.29) is 6.61 Å². The Kier molecular flexibility index (Phi) is 3.84. The van der Waals surface area contributed by atoms with Crippen molar-refractivity contribution < 1.29 is 5.11 Å². The molecule has 0 spiro atoms. The summed E-state index contributed by atoms with van der Waals surface area (Å²) in [6.07, 6.45) is 3.24. The number of anilines is 1. The number of aromatic nitrogens is 1. The van der Waals surface area contributed by atoms with Crippen LogP contribution in [0.4, 0.5) is 5.69 Å². The minimum absolute atomic E-state index is 0.0321. The molecule has 0 radical (unpaired) electrons. The van der Waals surface area contributed by atoms with E-state index in [1.165, 1.54) is 0 Å². The van der Waals surface area contributed by atoms with Crippen LogP contribution in [0, 0.1) is 0 Å². The third kappa shape index (κ3) is 2.63. The lowest BCUT2D eigenvalue weighted by Crippen LogP contribution is -2.35. The summed E-state index contributed by atoms with van der Waals surface area (Å²) in [7, 11) is 0. The summed E-state index contributed by atoms with van der Waals surface area (Å²) < 4.78 is 0. The number of nitrogens with one attached hydrogen (secondary N) is 1. The van der Waals surface area contributed by atoms with Crippen molar-refractivity contribution in [1.29, 1.82) is 0 Å². The van der Waals surface area contributed by atoms with Crippen LogP contribution in [0.1, 0.15) is 12.5 Å². The summed E-state index contributed by atoms with van der Waals surface area (Å²) in [5.74, 6) is 0. The van der Waals surface area contributed by atoms with E-state index in [2.05, 4.69) is 10.3 Å². The van der Waals surface area contributed by atoms with Gasteiger partial charge in [-0.25, -0.2) is 0 Å². The van der Waals surface area contributed by atoms with Gasteiger partial charge in [0.25, 0.3) is 0 Å². The minimum Gasteiger partial charge on any atom is -0.394 e. The number of hydrogen-bond donors (Lipinski definition) is 2. The van der Waals surface area contributed by atoms with Crippen molar-refractivity contribution in [2.45, 2.75) is 12.5 Å². The fourth-order valence-corrected chi connectivity index (χ4v) is 1.95. The Balaban J connectivity index is 2.32. The number of hydrogen-bond acceptors (Lipinski definition) is 3. The van der Waals surface area contributed by atoms with Crippen molar-refractivity contribution in [3.05, 3.63) is 59.4 Å². The Morgan fingerprint density at radius 3 is 2.61 bits per heavy atom. The molecule has 1 atom stereocenters. The fourth-order valence-electron chi connectivity index (χ4n) is 1.78. The summed E-state index contributed by atoms with van der Waals surface area (Å²) in [6.45, 7) is 1.90. The van der Waals surface area contributed by atoms with Gasteiger partial charge in [0.05, 0.1) is 22.9 Å². The smallest absolute Gasteiger partial charge is 0.0828 e. The lowest BCUT2D eigenvalue weighted by molar-refractivity contribution is 0.224. The SMILES string of the molecule is CC(CO)(Nc1ccncc1Cl)c1ccccc1. The van der Waals surface area contributed by atoms with E-state index < -0.39 is 5.54 Å². The van der Waals surface area contributed by atoms with Crippen LogP contribution in [0.3, 0.4) is 0 Å². The molecule has 3 nitrogen and oxygen atoms in total. The molecule has 0 amide bonds. The third-order valence-corrected chi connectivity index (χ3v) is 3.21. The molecule has 0 bridgehead atoms. The summed E-state index contributed by atoms with van der Waals surface area (Å²) in [5.41, 5.74) is 1.18. The fraction of sp³-hybridized carbons (Fsp3) is 0.214. The summed E-state index contributed by atoms with van der Waals surface area (Å²) in [4.78, 5) is 3.94. The maximum Gasteiger partial charge on any atom is 0.0828 e. The van der Waals surface area contributed by atoms with Crippen molar-refractivity contribution in [2.75, 3.05) is 11.9 Å². The van der Waals surface area contributed by atoms with Gasteiger partial charge in [-0.15, -0.1) is 0 Å². The van der Waals surface area contributed by atoms with Crippen LogP contribution in [0.5, 0.6) is 0 Å². The van der Waals surface area contributed by atoms with Gasteiger partial charge < -0.3 is 10.4 Å². The molecular formula is C14H15ClN2O. The first-order valence-corrected chi connectivity index (χ1v) is 6.07. The number of benzene rings is 1. The highest BCUT2D eigenvalue weighted by Gasteiger charge is 2.25. The molecule has 4 heteroatoms. The zero-order valence-corrected chi connectivity index (χ0v) is 10.9. The number of pyridine rings is 1. The molecule has 0 aliphatic rings. The van der Waals surface area contributed by atoms with Crippen molar-refractivity contribution in [2.24, 2.45) is 0 Å². The first-order chi connectivity index (χ1) is 8.65. The van der Waals surface area contributed by atoms with Crippen molar-refractivity contribution >= 4 is 17.3 Å². The Labute approximate surface area is 111 Å². The lowest BCUT2D eigenvalue weighted by Gasteiger charge is -2.30. The van der Waals surface area contributed by atoms with E-state index in [1.54, 1.807) is 18.5 Å². The van der Waals surface area contributed by atoms with Crippen LogP contribution in [-0.4, -0.2) is 16.7 Å². The highest BCUT2D eigenvalue weighted by molar-refractivity contribution is 6.33. The molecule has 1 aromatic carbocycles. The van der Waals surface area contributed by atoms with Crippen LogP contribution in [-0.2, 0) is 5.54 Å². The molecule has 2 aromatic rings. The highest BCUT2D eigenvalue weighted by Crippen LogP contribution is 2.29. The van der Waals surface area contributed by atoms with Gasteiger partial charge in [-0.2, -0.15) is 0 Å². The molecule has 0 fully saturated rings. The molecule has 0 saturated carbocycles. The Bertz CT molecular complexity index is 518. The first-order valence-electron chi connectivity index (χ1n) is 5.70. The Morgan fingerprint density at radius 1 is 1.28 bits per heavy atom. The van der Waals surface area contributed by atoms with Crippen LogP contribution in [0.15, 0.2) is 48.8 Å². The van der Waals surface area contributed by atoms with Gasteiger partial charge >= 0.3 is 0 Å². The maximum absolute atomic E-state index is 9.67. The van der Waals surface area contributed by atoms with Gasteiger partial charge in [-0.1, -0.05) is 41.9 Å². The van der Waals surface area contributed by atoms with Gasteiger partial charge in [0.2, 0.25) is 0 Å². The quantitative estimate of drug-likeness (QED) is 0.890. The lowest BCUT2D eigenvalue weighted by atomic mass is 9.92. The molecule has 94 valence electrons. The maximum atomic E-state index is 9.67. The summed E-state index contributed by atoms with van der Waals surface area (Å²) in [6, 6.07) is 11.6. The van der Waals surface area contributed by atoms with Crippen LogP contribution in [0.25, 0.3) is 0 Å². The molecule has 1 heterocycles. The van der Waals surface area contributed by atoms with Crippen molar-refractivity contribution in [1.82, 2.24) is 4.98 Å². The van der Waals surface area contributed by atoms with Crippen LogP contribution in [0.2, 0.25) is 5.02 Å². The van der Waals surface area contributed by atoms with Gasteiger partial charge in [0.15, 0.2) is 0 Å². The number of aliphatic hydroxyl groups excluding tert-OH is 1. The van der Waals surface area contributed by atoms with Crippen molar-refractivity contribution in [3.8, 4) is 0 Å². The zero-order chi connectivity index (χ0) is 13.0. The predicted octanol–water partition coefficient (Wildman–Crippen LogP) is 3.05. The number of aliphatic hydroxyl groups is 1. The third-order valence-electron chi connectivity index (χ3n) is 2.91. The monoisotopic (exact) mass is 262 g/mol. The van der Waals surface area contributed by atoms with Gasteiger partial charge in [-0.05, 0) is 18.6 Å². The first kappa shape index (κ1) is 12.9. The highest BCUT2D eigenvalue weighted by atomic mass is 35.5. The molecule has 0 aliphatic heterocycles. The molecule has 1 aromatic heterocycles. The van der Waals surface area contributed by atoms with Gasteiger partial charge in [-0.3, -0.25) is 4.98 Å². The molecule has 0 saturated heterocycles. The molecule has 2 N–H and O–H groups in total. The Hall–Kier alpha value is -1.58. The largest absolute Gasteiger partial charge is 0.394 e. The topological polar surface area (TPSA) is 45.1 Å². The molecule has 1 unspecified atom stereocenters. The normalized spacial score (nSPS) is 13.9. The molecular weight excluding hydrogens is 248 g/mol. The number of nitrogens with zero attached hydrogens (tertiary/aromatic N) is 1. The van der Waals surface area contributed by atoms with Crippen molar-refractivity contribution in [3.63, 3.8) is 0 Å². The second-order valence-electron chi connectivity index (χ2n) is 4.34. The number of halogens is 1. The van der Waals surface area contributed by atoms with E-state index in [0.717, 1.165) is 11.3 Å². The average molecular weight is 263 g/mol. The molecule has 0 aliphatic carbocycles. The van der Waals surface area contributed by atoms with Crippen LogP contribution >= 0.6 is 11.6 Å². The van der Waals surface area contributed by atoms with E-state index in [9.17, 15) is 5.11 Å². The summed E-state index contributed by atoms with van der Waals surface area (Å²) in [5, 5.41) is 13.5. The van der Waals surface area contributed by atoms with E-state index in [4.69, 9.17) is 11.6 Å². The van der Waals surface area contributed by atoms with Gasteiger partial charge in [0.1, 0.15) is 0 Å². The van der Waals surface area contributed by atoms with Crippen LogP contribution < -0.4 is 5.32 Å². The van der Waals surface area contributed by atoms with E-state index >= 15 is 0 Å². The standard InChI is InChI=1S/C14H15ClN2O/c1-14(10-18,11-5-3-2-4-6-11)17-13-7-8-16-9-12(13)15/h2-9,18H,10H2,1H3,(H,16,17). The number of rotatable bonds is 4. The summed E-state index contributed by atoms with van der Waals surface area (Å²) >= 11 is 6.07. The van der Waals surface area contributed by atoms with E-state index in [1.807, 2.05) is 37.3 Å². The minimum atomic E-state index is -0.577. The second kappa shape index (κ2) is 5.38. The van der Waals surface area contributed by atoms with E-state index in [0.29, 0.717) is 5.02 Å². The Morgan fingerprint density at radius 2 is 2.00 bits per heavy atom. The zero-order valence-electron chi connectivity index (χ0n) is 10.1. The average Bonchev–Trinajstić information content (AvgIpc) is 2.42. The second-order valence-corrected chi connectivity index (χ2v) is 4.74.